The van der Waals surface area contributed by atoms with Crippen molar-refractivity contribution in [2.45, 2.75) is 45.4 Å². The Kier molecular flexibility index (Phi) is 7.81. The zero-order valence-corrected chi connectivity index (χ0v) is 34.2. The summed E-state index contributed by atoms with van der Waals surface area (Å²) in [6, 6.07) is 67.3. The first-order valence-electron chi connectivity index (χ1n) is 20.8. The molecule has 0 N–H and O–H groups in total. The van der Waals surface area contributed by atoms with Crippen molar-refractivity contribution in [2.24, 2.45) is 0 Å². The lowest BCUT2D eigenvalue weighted by molar-refractivity contribution is 0.590. The van der Waals surface area contributed by atoms with Crippen LogP contribution in [-0.2, 0) is 10.8 Å². The van der Waals surface area contributed by atoms with E-state index in [1.54, 1.807) is 0 Å². The number of hydrogen-bond acceptors (Lipinski definition) is 2. The van der Waals surface area contributed by atoms with Gasteiger partial charge in [0.15, 0.2) is 0 Å². The second-order valence-corrected chi connectivity index (χ2v) is 17.7. The zero-order valence-electron chi connectivity index (χ0n) is 34.2. The highest BCUT2D eigenvalue weighted by atomic mass is 16.3. The Bertz CT molecular complexity index is 3280. The van der Waals surface area contributed by atoms with Crippen LogP contribution < -0.4 is 4.90 Å². The lowest BCUT2D eigenvalue weighted by Gasteiger charge is -2.31. The molecule has 1 aliphatic carbocycles. The minimum Gasteiger partial charge on any atom is -0.456 e. The molecule has 0 radical (unpaired) electrons. The molecule has 0 saturated heterocycles. The molecule has 0 aliphatic heterocycles. The summed E-state index contributed by atoms with van der Waals surface area (Å²) < 4.78 is 6.34. The number of anilines is 3. The van der Waals surface area contributed by atoms with Crippen molar-refractivity contribution in [1.82, 2.24) is 0 Å². The third-order valence-corrected chi connectivity index (χ3v) is 12.8. The van der Waals surface area contributed by atoms with E-state index in [9.17, 15) is 0 Å². The van der Waals surface area contributed by atoms with E-state index >= 15 is 0 Å². The van der Waals surface area contributed by atoms with E-state index in [2.05, 4.69) is 215 Å². The maximum atomic E-state index is 6.34. The van der Waals surface area contributed by atoms with Crippen LogP contribution in [0.3, 0.4) is 0 Å². The Balaban J connectivity index is 1.23. The second kappa shape index (κ2) is 13.1. The topological polar surface area (TPSA) is 16.4 Å². The van der Waals surface area contributed by atoms with Gasteiger partial charge in [-0.2, -0.15) is 0 Å². The molecule has 0 saturated carbocycles. The molecule has 1 heterocycles. The number of furan rings is 1. The summed E-state index contributed by atoms with van der Waals surface area (Å²) in [7, 11) is 0. The first kappa shape index (κ1) is 35.3. The van der Waals surface area contributed by atoms with E-state index < -0.39 is 0 Å². The van der Waals surface area contributed by atoms with Gasteiger partial charge in [0.2, 0.25) is 0 Å². The Morgan fingerprint density at radius 3 is 1.90 bits per heavy atom. The van der Waals surface area contributed by atoms with Gasteiger partial charge in [-0.3, -0.25) is 0 Å². The van der Waals surface area contributed by atoms with Gasteiger partial charge in [-0.25, -0.2) is 0 Å². The van der Waals surface area contributed by atoms with Crippen LogP contribution in [-0.4, -0.2) is 0 Å². The number of rotatable bonds is 5. The smallest absolute Gasteiger partial charge is 0.135 e. The van der Waals surface area contributed by atoms with Crippen molar-refractivity contribution in [1.29, 1.82) is 0 Å². The molecule has 9 aromatic carbocycles. The third kappa shape index (κ3) is 5.54. The molecule has 0 amide bonds. The van der Waals surface area contributed by atoms with Gasteiger partial charge >= 0.3 is 0 Å². The maximum Gasteiger partial charge on any atom is 0.135 e. The van der Waals surface area contributed by atoms with Crippen LogP contribution in [0, 0.1) is 0 Å². The highest BCUT2D eigenvalue weighted by molar-refractivity contribution is 6.17. The molecular weight excluding hydrogens is 715 g/mol. The molecule has 0 bridgehead atoms. The largest absolute Gasteiger partial charge is 0.456 e. The number of para-hydroxylation sites is 1. The summed E-state index contributed by atoms with van der Waals surface area (Å²) in [4.78, 5) is 2.50. The fraction of sp³-hybridized carbons (Fsp3) is 0.123. The van der Waals surface area contributed by atoms with E-state index in [1.807, 2.05) is 6.07 Å². The predicted octanol–water partition coefficient (Wildman–Crippen LogP) is 16.3. The summed E-state index contributed by atoms with van der Waals surface area (Å²) in [5.74, 6) is 0. The van der Waals surface area contributed by atoms with Crippen molar-refractivity contribution < 1.29 is 4.42 Å². The Morgan fingerprint density at radius 1 is 0.441 bits per heavy atom. The molecule has 0 atom stereocenters. The lowest BCUT2D eigenvalue weighted by Crippen LogP contribution is -2.17. The highest BCUT2D eigenvalue weighted by Gasteiger charge is 2.36. The summed E-state index contributed by atoms with van der Waals surface area (Å²) in [6.07, 6.45) is 0. The van der Waals surface area contributed by atoms with Gasteiger partial charge < -0.3 is 9.32 Å². The molecule has 0 fully saturated rings. The van der Waals surface area contributed by atoms with Crippen molar-refractivity contribution in [3.05, 3.63) is 199 Å². The van der Waals surface area contributed by atoms with Crippen LogP contribution in [0.15, 0.2) is 186 Å². The standard InChI is InChI=1S/C57H45NO/c1-56(2,3)38-26-28-39(29-27-38)58(40-30-31-46-45-19-10-12-22-50(45)57(4,5)51(46)35-40)52-23-14-21-42(37-25-32-54-48(33-37)47-20-11-13-24-53(47)59-54)55(52)49-34-36-15-6-7-16-41(36)43-17-8-9-18-44(43)49/h6-35H,1-5H3. The number of hydrogen-bond donors (Lipinski definition) is 0. The average molecular weight is 760 g/mol. The molecule has 11 rings (SSSR count). The van der Waals surface area contributed by atoms with E-state index in [0.29, 0.717) is 0 Å². The van der Waals surface area contributed by atoms with Crippen molar-refractivity contribution in [3.8, 4) is 33.4 Å². The molecule has 59 heavy (non-hydrogen) atoms. The lowest BCUT2D eigenvalue weighted by atomic mass is 9.82. The van der Waals surface area contributed by atoms with Crippen molar-refractivity contribution in [2.75, 3.05) is 4.90 Å². The first-order chi connectivity index (χ1) is 28.6. The van der Waals surface area contributed by atoms with E-state index in [1.165, 1.54) is 66.1 Å². The number of nitrogens with zero attached hydrogens (tertiary/aromatic N) is 1. The Morgan fingerprint density at radius 2 is 1.08 bits per heavy atom. The minimum atomic E-state index is -0.147. The molecule has 1 aliphatic rings. The van der Waals surface area contributed by atoms with Crippen LogP contribution >= 0.6 is 0 Å². The summed E-state index contributed by atoms with van der Waals surface area (Å²) in [5.41, 5.74) is 16.4. The summed E-state index contributed by atoms with van der Waals surface area (Å²) >= 11 is 0. The number of benzene rings is 9. The predicted molar refractivity (Wildman–Crippen MR) is 251 cm³/mol. The zero-order chi connectivity index (χ0) is 40.0. The molecule has 1 aromatic heterocycles. The SMILES string of the molecule is CC(C)(C)c1ccc(N(c2ccc3c(c2)C(C)(C)c2ccccc2-3)c2cccc(-c3ccc4oc5ccccc5c4c3)c2-c2cc3ccccc3c3ccccc23)cc1. The van der Waals surface area contributed by atoms with Gasteiger partial charge in [0.1, 0.15) is 11.2 Å². The normalized spacial score (nSPS) is 13.3. The quantitative estimate of drug-likeness (QED) is 0.163. The second-order valence-electron chi connectivity index (χ2n) is 17.7. The molecule has 284 valence electrons. The summed E-state index contributed by atoms with van der Waals surface area (Å²) in [5, 5.41) is 7.19. The van der Waals surface area contributed by atoms with Gasteiger partial charge in [0.05, 0.1) is 5.69 Å². The molecule has 0 spiro atoms. The molecule has 10 aromatic rings. The molecule has 2 nitrogen and oxygen atoms in total. The third-order valence-electron chi connectivity index (χ3n) is 12.8. The van der Waals surface area contributed by atoms with Gasteiger partial charge in [-0.1, -0.05) is 162 Å². The van der Waals surface area contributed by atoms with Crippen LogP contribution in [0.5, 0.6) is 0 Å². The van der Waals surface area contributed by atoms with Crippen LogP contribution in [0.25, 0.3) is 76.9 Å². The molecule has 0 unspecified atom stereocenters. The number of fused-ring (bicyclic) bond motifs is 9. The van der Waals surface area contributed by atoms with Crippen molar-refractivity contribution >= 4 is 60.5 Å². The highest BCUT2D eigenvalue weighted by Crippen LogP contribution is 2.53. The fourth-order valence-electron chi connectivity index (χ4n) is 9.77. The monoisotopic (exact) mass is 759 g/mol. The minimum absolute atomic E-state index is 0.0255. The van der Waals surface area contributed by atoms with Crippen molar-refractivity contribution in [3.63, 3.8) is 0 Å². The van der Waals surface area contributed by atoms with E-state index in [4.69, 9.17) is 4.42 Å². The van der Waals surface area contributed by atoms with E-state index in [0.717, 1.165) is 44.6 Å². The summed E-state index contributed by atoms with van der Waals surface area (Å²) in [6.45, 7) is 11.6. The molecular formula is C57H45NO. The van der Waals surface area contributed by atoms with Gasteiger partial charge in [0, 0.05) is 33.1 Å². The first-order valence-corrected chi connectivity index (χ1v) is 20.8. The Labute approximate surface area is 346 Å². The Hall–Kier alpha value is -6.90. The van der Waals surface area contributed by atoms with Crippen LogP contribution in [0.4, 0.5) is 17.1 Å². The van der Waals surface area contributed by atoms with Crippen LogP contribution in [0.2, 0.25) is 0 Å². The fourth-order valence-corrected chi connectivity index (χ4v) is 9.77. The van der Waals surface area contributed by atoms with E-state index in [-0.39, 0.29) is 10.8 Å². The average Bonchev–Trinajstić information content (AvgIpc) is 3.74. The van der Waals surface area contributed by atoms with Gasteiger partial charge in [-0.05, 0) is 126 Å². The maximum absolute atomic E-state index is 6.34. The van der Waals surface area contributed by atoms with Gasteiger partial charge in [0.25, 0.3) is 0 Å². The molecule has 2 heteroatoms. The van der Waals surface area contributed by atoms with Gasteiger partial charge in [-0.15, -0.1) is 0 Å². The van der Waals surface area contributed by atoms with Crippen LogP contribution in [0.1, 0.15) is 51.3 Å².